The lowest BCUT2D eigenvalue weighted by Gasteiger charge is -1.83. The minimum atomic E-state index is 0.612. The SMILES string of the molecule is [3H]c1c(C)[nH]c2ccccc12. The van der Waals surface area contributed by atoms with E-state index in [0.29, 0.717) is 6.04 Å². The topological polar surface area (TPSA) is 15.8 Å². The number of rotatable bonds is 0. The second-order valence-corrected chi connectivity index (χ2v) is 2.42. The Labute approximate surface area is 61.1 Å². The Balaban J connectivity index is 2.92. The summed E-state index contributed by atoms with van der Waals surface area (Å²) in [5.74, 6) is 0. The molecule has 0 radical (unpaired) electrons. The summed E-state index contributed by atoms with van der Waals surface area (Å²) in [5, 5.41) is 1.00. The minimum absolute atomic E-state index is 0.612. The zero-order chi connectivity index (χ0) is 7.84. The lowest BCUT2D eigenvalue weighted by atomic mass is 10.2. The number of hydrogen-bond donors (Lipinski definition) is 1. The Morgan fingerprint density at radius 2 is 2.20 bits per heavy atom. The molecule has 1 aromatic carbocycles. The first-order valence-corrected chi connectivity index (χ1v) is 3.33. The van der Waals surface area contributed by atoms with Crippen molar-refractivity contribution in [2.45, 2.75) is 6.92 Å². The number of benzene rings is 1. The zero-order valence-corrected chi connectivity index (χ0v) is 5.81. The normalized spacial score (nSPS) is 11.9. The van der Waals surface area contributed by atoms with Gasteiger partial charge in [-0.1, -0.05) is 18.2 Å². The van der Waals surface area contributed by atoms with E-state index < -0.39 is 0 Å². The van der Waals surface area contributed by atoms with Gasteiger partial charge in [0.1, 0.15) is 0 Å². The van der Waals surface area contributed by atoms with Crippen LogP contribution in [0.1, 0.15) is 7.06 Å². The van der Waals surface area contributed by atoms with Crippen LogP contribution in [0.15, 0.2) is 30.3 Å². The predicted octanol–water partition coefficient (Wildman–Crippen LogP) is 2.48. The maximum Gasteiger partial charge on any atom is 0.0648 e. The molecule has 50 valence electrons. The summed E-state index contributed by atoms with van der Waals surface area (Å²) >= 11 is 0. The number of nitrogens with one attached hydrogen (secondary N) is 1. The zero-order valence-electron chi connectivity index (χ0n) is 6.81. The van der Waals surface area contributed by atoms with Crippen LogP contribution < -0.4 is 0 Å². The van der Waals surface area contributed by atoms with E-state index in [0.717, 1.165) is 16.6 Å². The van der Waals surface area contributed by atoms with Crippen molar-refractivity contribution in [2.24, 2.45) is 0 Å². The molecule has 2 aromatic rings. The molecule has 0 saturated heterocycles. The molecule has 10 heavy (non-hydrogen) atoms. The van der Waals surface area contributed by atoms with Crippen LogP contribution in [0.4, 0.5) is 0 Å². The monoisotopic (exact) mass is 133 g/mol. The smallest absolute Gasteiger partial charge is 0.0648 e. The maximum absolute atomic E-state index is 7.64. The molecule has 0 aliphatic carbocycles. The van der Waals surface area contributed by atoms with Gasteiger partial charge >= 0.3 is 0 Å². The van der Waals surface area contributed by atoms with Crippen LogP contribution >= 0.6 is 0 Å². The van der Waals surface area contributed by atoms with Gasteiger partial charge in [0.15, 0.2) is 0 Å². The van der Waals surface area contributed by atoms with Crippen LogP contribution in [0.25, 0.3) is 10.9 Å². The van der Waals surface area contributed by atoms with E-state index in [2.05, 4.69) is 4.98 Å². The number of hydrogen-bond acceptors (Lipinski definition) is 0. The molecule has 0 unspecified atom stereocenters. The first kappa shape index (κ1) is 4.56. The average Bonchev–Trinajstić information content (AvgIpc) is 2.30. The second kappa shape index (κ2) is 1.87. The lowest BCUT2D eigenvalue weighted by molar-refractivity contribution is 1.30. The summed E-state index contributed by atoms with van der Waals surface area (Å²) in [6, 6.07) is 8.48. The molecule has 0 fully saturated rings. The van der Waals surface area contributed by atoms with Crippen LogP contribution in [-0.2, 0) is 0 Å². The largest absolute Gasteiger partial charge is 0.359 e. The molecule has 0 amide bonds. The molecule has 0 spiro atoms. The molecule has 1 N–H and O–H groups in total. The number of fused-ring (bicyclic) bond motifs is 1. The van der Waals surface area contributed by atoms with E-state index in [1.165, 1.54) is 0 Å². The number of aromatic amines is 1. The van der Waals surface area contributed by atoms with Crippen molar-refractivity contribution in [1.29, 1.82) is 0 Å². The summed E-state index contributed by atoms with van der Waals surface area (Å²) < 4.78 is 7.64. The Morgan fingerprint density at radius 1 is 1.40 bits per heavy atom. The van der Waals surface area contributed by atoms with Crippen LogP contribution in [0.5, 0.6) is 0 Å². The van der Waals surface area contributed by atoms with Crippen molar-refractivity contribution in [3.05, 3.63) is 36.0 Å². The summed E-state index contributed by atoms with van der Waals surface area (Å²) in [6.45, 7) is 1.92. The van der Waals surface area contributed by atoms with Gasteiger partial charge in [-0.15, -0.1) is 0 Å². The molecule has 0 bridgehead atoms. The fourth-order valence-electron chi connectivity index (χ4n) is 1.14. The molecule has 1 heteroatoms. The highest BCUT2D eigenvalue weighted by Crippen LogP contribution is 2.12. The summed E-state index contributed by atoms with van der Waals surface area (Å²) in [6.07, 6.45) is 0. The van der Waals surface area contributed by atoms with E-state index in [1.54, 1.807) is 0 Å². The third-order valence-electron chi connectivity index (χ3n) is 1.57. The van der Waals surface area contributed by atoms with Crippen LogP contribution in [0, 0.1) is 6.92 Å². The Kier molecular flexibility index (Phi) is 0.853. The van der Waals surface area contributed by atoms with Gasteiger partial charge in [-0.3, -0.25) is 0 Å². The standard InChI is InChI=1S/C9H9N/c1-7-6-8-4-2-3-5-9(8)10-7/h2-6,10H,1H3/i6T. The Hall–Kier alpha value is -1.24. The van der Waals surface area contributed by atoms with Gasteiger partial charge in [0.05, 0.1) is 1.37 Å². The maximum atomic E-state index is 7.64. The predicted molar refractivity (Wildman–Crippen MR) is 43.0 cm³/mol. The molecule has 1 nitrogen and oxygen atoms in total. The third kappa shape index (κ3) is 0.711. The van der Waals surface area contributed by atoms with Crippen molar-refractivity contribution in [1.82, 2.24) is 4.98 Å². The van der Waals surface area contributed by atoms with Crippen molar-refractivity contribution in [3.8, 4) is 0 Å². The fourth-order valence-corrected chi connectivity index (χ4v) is 1.14. The van der Waals surface area contributed by atoms with Gasteiger partial charge in [0, 0.05) is 11.2 Å². The average molecular weight is 133 g/mol. The molecule has 0 aliphatic rings. The Bertz CT molecular complexity index is 389. The molecular weight excluding hydrogens is 122 g/mol. The van der Waals surface area contributed by atoms with Gasteiger partial charge in [0.25, 0.3) is 0 Å². The molecular formula is C9H9N. The van der Waals surface area contributed by atoms with Crippen LogP contribution in [0.3, 0.4) is 0 Å². The van der Waals surface area contributed by atoms with Crippen LogP contribution in [-0.4, -0.2) is 4.98 Å². The van der Waals surface area contributed by atoms with Crippen LogP contribution in [0.2, 0.25) is 0 Å². The van der Waals surface area contributed by atoms with E-state index >= 15 is 0 Å². The van der Waals surface area contributed by atoms with E-state index in [1.807, 2.05) is 31.2 Å². The van der Waals surface area contributed by atoms with E-state index in [-0.39, 0.29) is 0 Å². The number of H-pyrrole nitrogens is 1. The summed E-state index contributed by atoms with van der Waals surface area (Å²) in [7, 11) is 0. The molecule has 2 rings (SSSR count). The third-order valence-corrected chi connectivity index (χ3v) is 1.57. The quantitative estimate of drug-likeness (QED) is 0.568. The van der Waals surface area contributed by atoms with Gasteiger partial charge < -0.3 is 4.98 Å². The van der Waals surface area contributed by atoms with Crippen molar-refractivity contribution >= 4 is 10.9 Å². The molecule has 0 atom stereocenters. The fraction of sp³-hybridized carbons (Fsp3) is 0.111. The van der Waals surface area contributed by atoms with Gasteiger partial charge in [0.2, 0.25) is 0 Å². The molecule has 0 saturated carbocycles. The number of aryl methyl sites for hydroxylation is 1. The summed E-state index contributed by atoms with van der Waals surface area (Å²) in [5.41, 5.74) is 1.99. The van der Waals surface area contributed by atoms with Gasteiger partial charge in [-0.05, 0) is 24.4 Å². The minimum Gasteiger partial charge on any atom is -0.359 e. The van der Waals surface area contributed by atoms with Crippen molar-refractivity contribution < 1.29 is 1.37 Å². The lowest BCUT2D eigenvalue weighted by Crippen LogP contribution is -1.65. The first-order chi connectivity index (χ1) is 5.29. The highest BCUT2D eigenvalue weighted by atomic mass is 14.7. The van der Waals surface area contributed by atoms with Gasteiger partial charge in [-0.25, -0.2) is 0 Å². The number of para-hydroxylation sites is 1. The molecule has 1 heterocycles. The highest BCUT2D eigenvalue weighted by molar-refractivity contribution is 5.79. The van der Waals surface area contributed by atoms with E-state index in [4.69, 9.17) is 1.37 Å². The molecule has 0 aliphatic heterocycles. The highest BCUT2D eigenvalue weighted by Gasteiger charge is 1.92. The second-order valence-electron chi connectivity index (χ2n) is 2.42. The summed E-state index contributed by atoms with van der Waals surface area (Å²) in [4.78, 5) is 3.14. The van der Waals surface area contributed by atoms with Crippen molar-refractivity contribution in [3.63, 3.8) is 0 Å². The van der Waals surface area contributed by atoms with E-state index in [9.17, 15) is 0 Å². The van der Waals surface area contributed by atoms with Gasteiger partial charge in [-0.2, -0.15) is 0 Å². The van der Waals surface area contributed by atoms with Crippen molar-refractivity contribution in [2.75, 3.05) is 0 Å². The number of aromatic nitrogens is 1. The Morgan fingerprint density at radius 3 is 3.00 bits per heavy atom. The first-order valence-electron chi connectivity index (χ1n) is 3.83. The molecule has 1 aromatic heterocycles.